The van der Waals surface area contributed by atoms with Crippen molar-refractivity contribution < 1.29 is 14.3 Å². The van der Waals surface area contributed by atoms with Crippen LogP contribution in [-0.4, -0.2) is 18.9 Å². The van der Waals surface area contributed by atoms with Crippen molar-refractivity contribution in [1.82, 2.24) is 0 Å². The quantitative estimate of drug-likeness (QED) is 0.683. The monoisotopic (exact) mass is 254 g/mol. The molecule has 1 atom stereocenters. The second-order valence-electron chi connectivity index (χ2n) is 5.41. The van der Waals surface area contributed by atoms with Crippen molar-refractivity contribution in [2.75, 3.05) is 7.11 Å². The fourth-order valence-electron chi connectivity index (χ4n) is 2.92. The summed E-state index contributed by atoms with van der Waals surface area (Å²) in [5.74, 6) is 0.868. The highest BCUT2D eigenvalue weighted by molar-refractivity contribution is 5.87. The van der Waals surface area contributed by atoms with Crippen LogP contribution in [0.3, 0.4) is 0 Å². The molecule has 0 heterocycles. The number of ketones is 1. The molecular formula is C15H26O3. The van der Waals surface area contributed by atoms with Gasteiger partial charge in [0.25, 0.3) is 0 Å². The minimum atomic E-state index is -0.266. The van der Waals surface area contributed by atoms with E-state index in [0.29, 0.717) is 0 Å². The van der Waals surface area contributed by atoms with Crippen molar-refractivity contribution in [2.24, 2.45) is 17.8 Å². The SMILES string of the molecule is CCC1CCC(C(=O)C(CC)CC(=O)OC)CC1. The zero-order chi connectivity index (χ0) is 13.5. The first-order valence-corrected chi connectivity index (χ1v) is 7.22. The van der Waals surface area contributed by atoms with Gasteiger partial charge < -0.3 is 4.74 Å². The van der Waals surface area contributed by atoms with E-state index >= 15 is 0 Å². The molecule has 0 aliphatic heterocycles. The van der Waals surface area contributed by atoms with Gasteiger partial charge in [0.05, 0.1) is 13.5 Å². The number of rotatable bonds is 6. The number of carbonyl (C=O) groups is 2. The number of hydrogen-bond donors (Lipinski definition) is 0. The van der Waals surface area contributed by atoms with Crippen LogP contribution in [0, 0.1) is 17.8 Å². The van der Waals surface area contributed by atoms with Crippen LogP contribution in [0.25, 0.3) is 0 Å². The number of Topliss-reactive ketones (excluding diaryl/α,β-unsaturated/α-hetero) is 1. The number of methoxy groups -OCH3 is 1. The Morgan fingerprint density at radius 3 is 2.22 bits per heavy atom. The molecule has 1 aliphatic rings. The van der Waals surface area contributed by atoms with E-state index in [-0.39, 0.29) is 30.0 Å². The predicted octanol–water partition coefficient (Wildman–Crippen LogP) is 3.36. The van der Waals surface area contributed by atoms with Crippen LogP contribution in [0.4, 0.5) is 0 Å². The lowest BCUT2D eigenvalue weighted by Gasteiger charge is -2.29. The van der Waals surface area contributed by atoms with E-state index in [0.717, 1.165) is 25.2 Å². The molecule has 3 heteroatoms. The first kappa shape index (κ1) is 15.2. The lowest BCUT2D eigenvalue weighted by Crippen LogP contribution is -2.29. The Labute approximate surface area is 110 Å². The summed E-state index contributed by atoms with van der Waals surface area (Å²) >= 11 is 0. The van der Waals surface area contributed by atoms with E-state index in [1.54, 1.807) is 0 Å². The fraction of sp³-hybridized carbons (Fsp3) is 0.867. The van der Waals surface area contributed by atoms with Gasteiger partial charge in [0, 0.05) is 11.8 Å². The molecule has 0 aromatic rings. The molecule has 0 aromatic heterocycles. The third-order valence-corrected chi connectivity index (χ3v) is 4.36. The van der Waals surface area contributed by atoms with Gasteiger partial charge in [0.1, 0.15) is 5.78 Å². The average molecular weight is 254 g/mol. The molecule has 0 amide bonds. The lowest BCUT2D eigenvalue weighted by atomic mass is 9.75. The summed E-state index contributed by atoms with van der Waals surface area (Å²) in [6.07, 6.45) is 6.56. The van der Waals surface area contributed by atoms with Crippen LogP contribution < -0.4 is 0 Å². The van der Waals surface area contributed by atoms with E-state index in [4.69, 9.17) is 0 Å². The normalized spacial score (nSPS) is 25.5. The van der Waals surface area contributed by atoms with Crippen molar-refractivity contribution in [1.29, 1.82) is 0 Å². The molecular weight excluding hydrogens is 228 g/mol. The molecule has 0 radical (unpaired) electrons. The molecule has 104 valence electrons. The van der Waals surface area contributed by atoms with Crippen LogP contribution >= 0.6 is 0 Å². The fourth-order valence-corrected chi connectivity index (χ4v) is 2.92. The molecule has 1 fully saturated rings. The van der Waals surface area contributed by atoms with E-state index in [2.05, 4.69) is 11.7 Å². The Morgan fingerprint density at radius 2 is 1.78 bits per heavy atom. The zero-order valence-electron chi connectivity index (χ0n) is 11.9. The molecule has 0 spiro atoms. The Kier molecular flexibility index (Phi) is 6.37. The molecule has 3 nitrogen and oxygen atoms in total. The third-order valence-electron chi connectivity index (χ3n) is 4.36. The van der Waals surface area contributed by atoms with E-state index < -0.39 is 0 Å². The zero-order valence-corrected chi connectivity index (χ0v) is 11.9. The molecule has 1 aliphatic carbocycles. The summed E-state index contributed by atoms with van der Waals surface area (Å²) in [6.45, 7) is 4.20. The highest BCUT2D eigenvalue weighted by atomic mass is 16.5. The largest absolute Gasteiger partial charge is 0.469 e. The van der Waals surface area contributed by atoms with Gasteiger partial charge in [-0.05, 0) is 38.0 Å². The van der Waals surface area contributed by atoms with Gasteiger partial charge >= 0.3 is 5.97 Å². The van der Waals surface area contributed by atoms with Gasteiger partial charge in [0.15, 0.2) is 0 Å². The van der Waals surface area contributed by atoms with Gasteiger partial charge in [-0.15, -0.1) is 0 Å². The Bertz CT molecular complexity index is 277. The number of carbonyl (C=O) groups excluding carboxylic acids is 2. The maximum atomic E-state index is 12.4. The van der Waals surface area contributed by atoms with Gasteiger partial charge in [0.2, 0.25) is 0 Å². The standard InChI is InChI=1S/C15H26O3/c1-4-11-6-8-13(9-7-11)15(17)12(5-2)10-14(16)18-3/h11-13H,4-10H2,1-3H3. The van der Waals surface area contributed by atoms with Crippen LogP contribution in [0.1, 0.15) is 58.8 Å². The molecule has 0 bridgehead atoms. The van der Waals surface area contributed by atoms with Crippen LogP contribution in [0.5, 0.6) is 0 Å². The minimum Gasteiger partial charge on any atom is -0.469 e. The van der Waals surface area contributed by atoms with E-state index in [9.17, 15) is 9.59 Å². The summed E-state index contributed by atoms with van der Waals surface area (Å²) in [7, 11) is 1.38. The smallest absolute Gasteiger partial charge is 0.306 e. The third kappa shape index (κ3) is 4.11. The molecule has 1 rings (SSSR count). The summed E-state index contributed by atoms with van der Waals surface area (Å²) in [5, 5.41) is 0. The first-order valence-electron chi connectivity index (χ1n) is 7.22. The van der Waals surface area contributed by atoms with Gasteiger partial charge in [-0.2, -0.15) is 0 Å². The van der Waals surface area contributed by atoms with E-state index in [1.807, 2.05) is 6.92 Å². The predicted molar refractivity (Wildman–Crippen MR) is 71.2 cm³/mol. The lowest BCUT2D eigenvalue weighted by molar-refractivity contribution is -0.144. The first-order chi connectivity index (χ1) is 8.62. The van der Waals surface area contributed by atoms with Crippen LogP contribution in [0.15, 0.2) is 0 Å². The molecule has 0 aromatic carbocycles. The summed E-state index contributed by atoms with van der Waals surface area (Å²) in [5.41, 5.74) is 0. The Balaban J connectivity index is 2.49. The summed E-state index contributed by atoms with van der Waals surface area (Å²) in [6, 6.07) is 0. The summed E-state index contributed by atoms with van der Waals surface area (Å²) < 4.78 is 4.66. The maximum Gasteiger partial charge on any atom is 0.306 e. The van der Waals surface area contributed by atoms with Crippen molar-refractivity contribution in [3.8, 4) is 0 Å². The van der Waals surface area contributed by atoms with Crippen molar-refractivity contribution in [3.05, 3.63) is 0 Å². The van der Waals surface area contributed by atoms with Crippen LogP contribution in [0.2, 0.25) is 0 Å². The average Bonchev–Trinajstić information content (AvgIpc) is 2.43. The Hall–Kier alpha value is -0.860. The second-order valence-corrected chi connectivity index (χ2v) is 5.41. The van der Waals surface area contributed by atoms with Gasteiger partial charge in [-0.3, -0.25) is 9.59 Å². The van der Waals surface area contributed by atoms with Crippen LogP contribution in [-0.2, 0) is 14.3 Å². The molecule has 1 unspecified atom stereocenters. The molecule has 1 saturated carbocycles. The highest BCUT2D eigenvalue weighted by Gasteiger charge is 2.30. The second kappa shape index (κ2) is 7.55. The number of ether oxygens (including phenoxy) is 1. The minimum absolute atomic E-state index is 0.138. The molecule has 0 saturated heterocycles. The van der Waals surface area contributed by atoms with Gasteiger partial charge in [-0.25, -0.2) is 0 Å². The molecule has 0 N–H and O–H groups in total. The van der Waals surface area contributed by atoms with Crippen molar-refractivity contribution >= 4 is 11.8 Å². The summed E-state index contributed by atoms with van der Waals surface area (Å²) in [4.78, 5) is 23.7. The highest BCUT2D eigenvalue weighted by Crippen LogP contribution is 2.33. The topological polar surface area (TPSA) is 43.4 Å². The van der Waals surface area contributed by atoms with Gasteiger partial charge in [-0.1, -0.05) is 20.3 Å². The van der Waals surface area contributed by atoms with Crippen molar-refractivity contribution in [2.45, 2.75) is 58.8 Å². The Morgan fingerprint density at radius 1 is 1.17 bits per heavy atom. The maximum absolute atomic E-state index is 12.4. The molecule has 18 heavy (non-hydrogen) atoms. The number of hydrogen-bond acceptors (Lipinski definition) is 3. The van der Waals surface area contributed by atoms with Crippen molar-refractivity contribution in [3.63, 3.8) is 0 Å². The number of esters is 1. The van der Waals surface area contributed by atoms with E-state index in [1.165, 1.54) is 26.4 Å².